The maximum atomic E-state index is 14.1. The van der Waals surface area contributed by atoms with E-state index in [4.69, 9.17) is 0 Å². The van der Waals surface area contributed by atoms with Gasteiger partial charge in [-0.3, -0.25) is 0 Å². The molecular formula is C14H18F2N4. The monoisotopic (exact) mass is 280 g/mol. The summed E-state index contributed by atoms with van der Waals surface area (Å²) in [5.41, 5.74) is 0.397. The van der Waals surface area contributed by atoms with E-state index in [2.05, 4.69) is 15.4 Å². The number of hydrogen-bond donors (Lipinski definition) is 1. The first kappa shape index (κ1) is 14.6. The molecule has 0 saturated carbocycles. The van der Waals surface area contributed by atoms with Crippen LogP contribution in [0.2, 0.25) is 0 Å². The Bertz CT molecular complexity index is 584. The third kappa shape index (κ3) is 3.01. The molecular weight excluding hydrogens is 262 g/mol. The summed E-state index contributed by atoms with van der Waals surface area (Å²) in [5.74, 6) is -0.329. The number of benzene rings is 1. The quantitative estimate of drug-likeness (QED) is 0.856. The van der Waals surface area contributed by atoms with Crippen molar-refractivity contribution in [2.24, 2.45) is 0 Å². The van der Waals surface area contributed by atoms with Crippen LogP contribution in [-0.4, -0.2) is 21.3 Å². The van der Waals surface area contributed by atoms with Gasteiger partial charge in [0.25, 0.3) is 0 Å². The van der Waals surface area contributed by atoms with Gasteiger partial charge in [-0.05, 0) is 44.5 Å². The van der Waals surface area contributed by atoms with Crippen molar-refractivity contribution >= 4 is 0 Å². The minimum atomic E-state index is -0.633. The second kappa shape index (κ2) is 6.09. The van der Waals surface area contributed by atoms with E-state index in [9.17, 15) is 8.78 Å². The first-order valence-corrected chi connectivity index (χ1v) is 6.62. The average molecular weight is 280 g/mol. The molecule has 1 aromatic heterocycles. The van der Waals surface area contributed by atoms with E-state index in [0.29, 0.717) is 23.8 Å². The number of nitrogens with zero attached hydrogens (tertiary/aromatic N) is 3. The number of aromatic nitrogens is 3. The molecule has 20 heavy (non-hydrogen) atoms. The van der Waals surface area contributed by atoms with Crippen molar-refractivity contribution in [3.63, 3.8) is 0 Å². The van der Waals surface area contributed by atoms with Crippen LogP contribution in [0.3, 0.4) is 0 Å². The van der Waals surface area contributed by atoms with Crippen molar-refractivity contribution in [1.82, 2.24) is 20.1 Å². The van der Waals surface area contributed by atoms with Gasteiger partial charge in [0.05, 0.1) is 0 Å². The molecule has 0 atom stereocenters. The molecule has 6 heteroatoms. The summed E-state index contributed by atoms with van der Waals surface area (Å²) in [6.45, 7) is 6.63. The van der Waals surface area contributed by atoms with Gasteiger partial charge in [0, 0.05) is 6.54 Å². The summed E-state index contributed by atoms with van der Waals surface area (Å²) in [6, 6.07) is 2.66. The molecule has 0 fully saturated rings. The summed E-state index contributed by atoms with van der Waals surface area (Å²) in [5, 5.41) is 7.13. The van der Waals surface area contributed by atoms with Crippen molar-refractivity contribution in [1.29, 1.82) is 0 Å². The highest BCUT2D eigenvalue weighted by molar-refractivity contribution is 5.38. The second-order valence-corrected chi connectivity index (χ2v) is 4.70. The lowest BCUT2D eigenvalue weighted by molar-refractivity contribution is 0.550. The number of halogens is 2. The van der Waals surface area contributed by atoms with E-state index in [-0.39, 0.29) is 5.69 Å². The van der Waals surface area contributed by atoms with E-state index < -0.39 is 11.6 Å². The van der Waals surface area contributed by atoms with Crippen LogP contribution in [0.1, 0.15) is 30.6 Å². The molecule has 0 unspecified atom stereocenters. The molecule has 0 radical (unpaired) electrons. The van der Waals surface area contributed by atoms with Crippen molar-refractivity contribution in [3.05, 3.63) is 41.0 Å². The molecule has 4 nitrogen and oxygen atoms in total. The molecule has 1 heterocycles. The van der Waals surface area contributed by atoms with E-state index in [0.717, 1.165) is 13.0 Å². The van der Waals surface area contributed by atoms with Gasteiger partial charge in [-0.15, -0.1) is 0 Å². The summed E-state index contributed by atoms with van der Waals surface area (Å²) >= 11 is 0. The van der Waals surface area contributed by atoms with Gasteiger partial charge in [0.15, 0.2) is 11.6 Å². The van der Waals surface area contributed by atoms with Crippen LogP contribution in [0.15, 0.2) is 12.1 Å². The molecule has 0 bridgehead atoms. The lowest BCUT2D eigenvalue weighted by Crippen LogP contribution is -2.15. The minimum Gasteiger partial charge on any atom is -0.313 e. The Morgan fingerprint density at radius 2 is 1.85 bits per heavy atom. The van der Waals surface area contributed by atoms with Crippen molar-refractivity contribution in [2.45, 2.75) is 33.7 Å². The van der Waals surface area contributed by atoms with Gasteiger partial charge in [0.2, 0.25) is 0 Å². The van der Waals surface area contributed by atoms with Gasteiger partial charge >= 0.3 is 0 Å². The molecule has 2 aromatic rings. The van der Waals surface area contributed by atoms with Gasteiger partial charge in [-0.1, -0.05) is 6.92 Å². The van der Waals surface area contributed by atoms with Gasteiger partial charge in [-0.25, -0.2) is 18.4 Å². The van der Waals surface area contributed by atoms with Gasteiger partial charge < -0.3 is 5.32 Å². The fourth-order valence-corrected chi connectivity index (χ4v) is 2.06. The van der Waals surface area contributed by atoms with Crippen molar-refractivity contribution < 1.29 is 8.78 Å². The minimum absolute atomic E-state index is 0.178. The Balaban J connectivity index is 2.34. The first-order chi connectivity index (χ1) is 9.52. The predicted molar refractivity (Wildman–Crippen MR) is 72.7 cm³/mol. The third-order valence-electron chi connectivity index (χ3n) is 2.92. The van der Waals surface area contributed by atoms with Crippen molar-refractivity contribution in [2.75, 3.05) is 6.54 Å². The molecule has 1 N–H and O–H groups in total. The molecule has 108 valence electrons. The highest BCUT2D eigenvalue weighted by Crippen LogP contribution is 2.20. The first-order valence-electron chi connectivity index (χ1n) is 6.62. The number of rotatable bonds is 5. The topological polar surface area (TPSA) is 42.7 Å². The lowest BCUT2D eigenvalue weighted by Gasteiger charge is -2.09. The van der Waals surface area contributed by atoms with Gasteiger partial charge in [-0.2, -0.15) is 5.10 Å². The number of nitrogens with one attached hydrogen (secondary N) is 1. The SMILES string of the molecule is CCCNCc1cc(F)c(-n2nc(C)nc2C)c(F)c1. The Hall–Kier alpha value is -1.82. The van der Waals surface area contributed by atoms with Crippen LogP contribution < -0.4 is 5.32 Å². The van der Waals surface area contributed by atoms with E-state index in [1.54, 1.807) is 13.8 Å². The molecule has 0 aliphatic heterocycles. The maximum Gasteiger partial charge on any atom is 0.152 e. The zero-order valence-corrected chi connectivity index (χ0v) is 11.9. The highest BCUT2D eigenvalue weighted by Gasteiger charge is 2.16. The molecule has 2 rings (SSSR count). The Morgan fingerprint density at radius 1 is 1.20 bits per heavy atom. The molecule has 0 aliphatic carbocycles. The summed E-state index contributed by atoms with van der Waals surface area (Å²) in [4.78, 5) is 4.06. The smallest absolute Gasteiger partial charge is 0.152 e. The zero-order valence-electron chi connectivity index (χ0n) is 11.9. The maximum absolute atomic E-state index is 14.1. The van der Waals surface area contributed by atoms with Crippen LogP contribution in [0.4, 0.5) is 8.78 Å². The predicted octanol–water partition coefficient (Wildman–Crippen LogP) is 2.66. The fraction of sp³-hybridized carbons (Fsp3) is 0.429. The largest absolute Gasteiger partial charge is 0.313 e. The van der Waals surface area contributed by atoms with Crippen LogP contribution in [-0.2, 0) is 6.54 Å². The van der Waals surface area contributed by atoms with E-state index >= 15 is 0 Å². The average Bonchev–Trinajstić information content (AvgIpc) is 2.68. The van der Waals surface area contributed by atoms with E-state index in [1.165, 1.54) is 16.8 Å². The van der Waals surface area contributed by atoms with Crippen LogP contribution in [0.25, 0.3) is 5.69 Å². The third-order valence-corrected chi connectivity index (χ3v) is 2.92. The lowest BCUT2D eigenvalue weighted by atomic mass is 10.2. The van der Waals surface area contributed by atoms with Crippen molar-refractivity contribution in [3.8, 4) is 5.69 Å². The Kier molecular flexibility index (Phi) is 4.44. The summed E-state index contributed by atoms with van der Waals surface area (Å²) < 4.78 is 29.5. The van der Waals surface area contributed by atoms with Crippen LogP contribution in [0, 0.1) is 25.5 Å². The van der Waals surface area contributed by atoms with Gasteiger partial charge in [0.1, 0.15) is 17.3 Å². The molecule has 0 spiro atoms. The molecule has 0 aliphatic rings. The highest BCUT2D eigenvalue weighted by atomic mass is 19.1. The zero-order chi connectivity index (χ0) is 14.7. The summed E-state index contributed by atoms with van der Waals surface area (Å²) in [7, 11) is 0. The Labute approximate surface area is 116 Å². The molecule has 0 amide bonds. The summed E-state index contributed by atoms with van der Waals surface area (Å²) in [6.07, 6.45) is 0.973. The van der Waals surface area contributed by atoms with Crippen LogP contribution in [0.5, 0.6) is 0 Å². The standard InChI is InChI=1S/C14H18F2N4/c1-4-5-17-8-11-6-12(15)14(13(16)7-11)20-10(3)18-9(2)19-20/h6-7,17H,4-5,8H2,1-3H3. The second-order valence-electron chi connectivity index (χ2n) is 4.70. The number of aryl methyl sites for hydroxylation is 2. The molecule has 0 saturated heterocycles. The Morgan fingerprint density at radius 3 is 2.35 bits per heavy atom. The number of hydrogen-bond acceptors (Lipinski definition) is 3. The normalized spacial score (nSPS) is 11.1. The molecule has 1 aromatic carbocycles. The van der Waals surface area contributed by atoms with E-state index in [1.807, 2.05) is 6.92 Å². The fourth-order valence-electron chi connectivity index (χ4n) is 2.06. The van der Waals surface area contributed by atoms with Crippen LogP contribution >= 0.6 is 0 Å².